The molecule has 0 unspecified atom stereocenters. The Bertz CT molecular complexity index is 1550. The number of aliphatic imine (C=N–C) groups is 1. The third kappa shape index (κ3) is 4.98. The average molecular weight is 538 g/mol. The van der Waals surface area contributed by atoms with Gasteiger partial charge in [0, 0.05) is 36.5 Å². The van der Waals surface area contributed by atoms with Crippen LogP contribution in [0.1, 0.15) is 54.4 Å². The van der Waals surface area contributed by atoms with Gasteiger partial charge in [0.15, 0.2) is 11.5 Å². The van der Waals surface area contributed by atoms with E-state index < -0.39 is 16.2 Å². The van der Waals surface area contributed by atoms with Gasteiger partial charge in [0.1, 0.15) is 0 Å². The first kappa shape index (κ1) is 26.1. The summed E-state index contributed by atoms with van der Waals surface area (Å²) in [7, 11) is -0.664. The SMILES string of the molecule is CCOc1cc2c(cc1OC)C(c1cnc(=O)n(C)c1)=N[C@@H]1CC[C@@H](OS(=O)(=O)c3ccc(C)cc3)C[C@H]21. The molecule has 2 heterocycles. The molecule has 1 fully saturated rings. The molecule has 200 valence electrons. The smallest absolute Gasteiger partial charge is 0.347 e. The van der Waals surface area contributed by atoms with Gasteiger partial charge in [0.05, 0.1) is 36.5 Å². The second kappa shape index (κ2) is 10.3. The molecule has 0 amide bonds. The summed E-state index contributed by atoms with van der Waals surface area (Å²) in [6, 6.07) is 10.5. The van der Waals surface area contributed by atoms with Crippen molar-refractivity contribution in [2.24, 2.45) is 12.0 Å². The molecule has 0 spiro atoms. The maximum Gasteiger partial charge on any atom is 0.347 e. The van der Waals surface area contributed by atoms with Gasteiger partial charge in [-0.25, -0.2) is 9.78 Å². The highest BCUT2D eigenvalue weighted by Gasteiger charge is 2.39. The zero-order valence-corrected chi connectivity index (χ0v) is 22.7. The molecular formula is C28H31N3O6S. The second-order valence-corrected chi connectivity index (χ2v) is 11.3. The highest BCUT2D eigenvalue weighted by Crippen LogP contribution is 2.45. The van der Waals surface area contributed by atoms with Crippen LogP contribution in [0.3, 0.4) is 0 Å². The lowest BCUT2D eigenvalue weighted by Gasteiger charge is -2.38. The molecule has 0 bridgehead atoms. The van der Waals surface area contributed by atoms with Gasteiger partial charge < -0.3 is 14.0 Å². The van der Waals surface area contributed by atoms with E-state index in [-0.39, 0.29) is 22.5 Å². The lowest BCUT2D eigenvalue weighted by molar-refractivity contribution is 0.140. The fourth-order valence-electron chi connectivity index (χ4n) is 5.25. The van der Waals surface area contributed by atoms with Crippen molar-refractivity contribution in [3.8, 4) is 11.5 Å². The van der Waals surface area contributed by atoms with E-state index in [9.17, 15) is 13.2 Å². The van der Waals surface area contributed by atoms with E-state index in [1.807, 2.05) is 26.0 Å². The predicted octanol–water partition coefficient (Wildman–Crippen LogP) is 3.76. The summed E-state index contributed by atoms with van der Waals surface area (Å²) in [6.07, 6.45) is 4.48. The van der Waals surface area contributed by atoms with E-state index in [2.05, 4.69) is 4.98 Å². The van der Waals surface area contributed by atoms with E-state index in [1.165, 1.54) is 10.8 Å². The molecule has 2 aliphatic rings. The van der Waals surface area contributed by atoms with Gasteiger partial charge in [0.25, 0.3) is 10.1 Å². The minimum atomic E-state index is -3.90. The number of hydrogen-bond donors (Lipinski definition) is 0. The van der Waals surface area contributed by atoms with Crippen molar-refractivity contribution in [3.05, 3.63) is 81.5 Å². The number of rotatable bonds is 7. The van der Waals surface area contributed by atoms with Crippen LogP contribution < -0.4 is 15.2 Å². The highest BCUT2D eigenvalue weighted by atomic mass is 32.2. The van der Waals surface area contributed by atoms with Crippen LogP contribution in [0, 0.1) is 6.92 Å². The predicted molar refractivity (Wildman–Crippen MR) is 143 cm³/mol. The van der Waals surface area contributed by atoms with Gasteiger partial charge in [-0.05, 0) is 62.9 Å². The first-order valence-corrected chi connectivity index (χ1v) is 14.1. The van der Waals surface area contributed by atoms with Crippen LogP contribution in [-0.2, 0) is 21.3 Å². The number of benzene rings is 2. The largest absolute Gasteiger partial charge is 0.493 e. The Kier molecular flexibility index (Phi) is 7.11. The van der Waals surface area contributed by atoms with Crippen molar-refractivity contribution < 1.29 is 22.1 Å². The number of nitrogens with zero attached hydrogens (tertiary/aromatic N) is 3. The van der Waals surface area contributed by atoms with Crippen molar-refractivity contribution >= 4 is 15.8 Å². The minimum Gasteiger partial charge on any atom is -0.493 e. The Balaban J connectivity index is 1.53. The summed E-state index contributed by atoms with van der Waals surface area (Å²) in [5.74, 6) is 1.11. The molecule has 0 saturated heterocycles. The van der Waals surface area contributed by atoms with E-state index in [0.717, 1.165) is 28.0 Å². The molecule has 1 aliphatic carbocycles. The molecule has 0 radical (unpaired) electrons. The zero-order chi connectivity index (χ0) is 27.0. The Hall–Kier alpha value is -3.50. The average Bonchev–Trinajstić information content (AvgIpc) is 2.90. The molecule has 3 atom stereocenters. The number of aromatic nitrogens is 2. The standard InChI is InChI=1S/C28H31N3O6S/c1-5-36-26-13-21-22-12-19(37-38(33,34)20-9-6-17(2)7-10-20)8-11-24(22)30-27(23(21)14-25(26)35-4)18-15-29-28(32)31(3)16-18/h6-7,9-10,13-16,19,22,24H,5,8,11-12H2,1-4H3/t19-,22-,24-/m1/s1. The molecule has 3 aromatic rings. The van der Waals surface area contributed by atoms with Gasteiger partial charge in [-0.2, -0.15) is 8.42 Å². The van der Waals surface area contributed by atoms with E-state index in [1.54, 1.807) is 44.6 Å². The van der Waals surface area contributed by atoms with Crippen molar-refractivity contribution in [2.45, 2.75) is 56.1 Å². The summed E-state index contributed by atoms with van der Waals surface area (Å²) in [5, 5.41) is 0. The van der Waals surface area contributed by atoms with Crippen LogP contribution in [0.15, 0.2) is 63.5 Å². The van der Waals surface area contributed by atoms with E-state index >= 15 is 0 Å². The normalized spacial score (nSPS) is 20.7. The number of methoxy groups -OCH3 is 1. The van der Waals surface area contributed by atoms with Crippen molar-refractivity contribution in [3.63, 3.8) is 0 Å². The number of hydrogen-bond acceptors (Lipinski definition) is 8. The molecule has 9 nitrogen and oxygen atoms in total. The summed E-state index contributed by atoms with van der Waals surface area (Å²) in [4.78, 5) is 21.2. The monoisotopic (exact) mass is 537 g/mol. The van der Waals surface area contributed by atoms with Gasteiger partial charge in [-0.3, -0.25) is 9.18 Å². The van der Waals surface area contributed by atoms with Crippen LogP contribution in [0.4, 0.5) is 0 Å². The van der Waals surface area contributed by atoms with Crippen LogP contribution in [0.5, 0.6) is 11.5 Å². The van der Waals surface area contributed by atoms with Crippen LogP contribution >= 0.6 is 0 Å². The maximum absolute atomic E-state index is 13.0. The fraction of sp³-hybridized carbons (Fsp3) is 0.393. The molecule has 2 aromatic carbocycles. The molecular weight excluding hydrogens is 506 g/mol. The van der Waals surface area contributed by atoms with Crippen molar-refractivity contribution in [1.29, 1.82) is 0 Å². The molecule has 0 N–H and O–H groups in total. The number of aryl methyl sites for hydroxylation is 2. The first-order chi connectivity index (χ1) is 18.2. The van der Waals surface area contributed by atoms with Gasteiger partial charge in [-0.15, -0.1) is 0 Å². The lowest BCUT2D eigenvalue weighted by atomic mass is 9.74. The van der Waals surface area contributed by atoms with Gasteiger partial charge >= 0.3 is 5.69 Å². The quantitative estimate of drug-likeness (QED) is 0.422. The Labute approximate surface area is 222 Å². The Morgan fingerprint density at radius 3 is 2.55 bits per heavy atom. The van der Waals surface area contributed by atoms with E-state index in [0.29, 0.717) is 37.4 Å². The number of fused-ring (bicyclic) bond motifs is 3. The molecule has 1 aliphatic heterocycles. The molecule has 38 heavy (non-hydrogen) atoms. The van der Waals surface area contributed by atoms with Gasteiger partial charge in [0.2, 0.25) is 0 Å². The third-order valence-electron chi connectivity index (χ3n) is 7.15. The fourth-order valence-corrected chi connectivity index (χ4v) is 6.36. The summed E-state index contributed by atoms with van der Waals surface area (Å²) >= 11 is 0. The topological polar surface area (TPSA) is 109 Å². The highest BCUT2D eigenvalue weighted by molar-refractivity contribution is 7.86. The second-order valence-electron chi connectivity index (χ2n) is 9.71. The summed E-state index contributed by atoms with van der Waals surface area (Å²) in [6.45, 7) is 4.28. The third-order valence-corrected chi connectivity index (χ3v) is 8.52. The molecule has 5 rings (SSSR count). The van der Waals surface area contributed by atoms with Crippen molar-refractivity contribution in [1.82, 2.24) is 9.55 Å². The first-order valence-electron chi connectivity index (χ1n) is 12.7. The van der Waals surface area contributed by atoms with E-state index in [4.69, 9.17) is 18.6 Å². The molecule has 1 saturated carbocycles. The summed E-state index contributed by atoms with van der Waals surface area (Å²) in [5.41, 5.74) is 3.90. The van der Waals surface area contributed by atoms with Crippen LogP contribution in [0.2, 0.25) is 0 Å². The Morgan fingerprint density at radius 2 is 1.87 bits per heavy atom. The lowest BCUT2D eigenvalue weighted by Crippen LogP contribution is -2.36. The molecule has 10 heteroatoms. The van der Waals surface area contributed by atoms with Crippen molar-refractivity contribution in [2.75, 3.05) is 13.7 Å². The van der Waals surface area contributed by atoms with Crippen LogP contribution in [-0.4, -0.2) is 49.5 Å². The molecule has 1 aromatic heterocycles. The minimum absolute atomic E-state index is 0.0775. The zero-order valence-electron chi connectivity index (χ0n) is 21.9. The number of ether oxygens (including phenoxy) is 2. The van der Waals surface area contributed by atoms with Crippen LogP contribution in [0.25, 0.3) is 0 Å². The maximum atomic E-state index is 13.0. The van der Waals surface area contributed by atoms with Gasteiger partial charge in [-0.1, -0.05) is 17.7 Å². The summed E-state index contributed by atoms with van der Waals surface area (Å²) < 4.78 is 44.7. The Morgan fingerprint density at radius 1 is 1.11 bits per heavy atom.